The van der Waals surface area contributed by atoms with Gasteiger partial charge in [-0.15, -0.1) is 0 Å². The SMILES string of the molecule is C=CC(=O)Nc1ccc(C(=O)N2CCC(Nc3ncc4ccc(OC)cc4n3)C2)cc1. The highest BCUT2D eigenvalue weighted by atomic mass is 16.5. The molecule has 2 heterocycles. The molecular formula is C23H23N5O3. The van der Waals surface area contributed by atoms with E-state index in [1.54, 1.807) is 42.5 Å². The summed E-state index contributed by atoms with van der Waals surface area (Å²) in [6.45, 7) is 4.63. The number of anilines is 2. The molecule has 4 rings (SSSR count). The van der Waals surface area contributed by atoms with E-state index in [9.17, 15) is 9.59 Å². The third-order valence-corrected chi connectivity index (χ3v) is 5.18. The van der Waals surface area contributed by atoms with Gasteiger partial charge in [0.15, 0.2) is 0 Å². The Bertz CT molecular complexity index is 1130. The van der Waals surface area contributed by atoms with Gasteiger partial charge in [0.2, 0.25) is 11.9 Å². The van der Waals surface area contributed by atoms with Crippen LogP contribution in [0.3, 0.4) is 0 Å². The lowest BCUT2D eigenvalue weighted by Crippen LogP contribution is -2.31. The zero-order chi connectivity index (χ0) is 21.8. The molecule has 1 fully saturated rings. The van der Waals surface area contributed by atoms with Crippen molar-refractivity contribution in [2.45, 2.75) is 12.5 Å². The van der Waals surface area contributed by atoms with Crippen LogP contribution < -0.4 is 15.4 Å². The van der Waals surface area contributed by atoms with E-state index in [0.29, 0.717) is 30.3 Å². The molecule has 1 aliphatic rings. The minimum absolute atomic E-state index is 0.0462. The van der Waals surface area contributed by atoms with E-state index in [1.165, 1.54) is 6.08 Å². The average molecular weight is 417 g/mol. The summed E-state index contributed by atoms with van der Waals surface area (Å²) < 4.78 is 5.26. The highest BCUT2D eigenvalue weighted by Gasteiger charge is 2.27. The van der Waals surface area contributed by atoms with Gasteiger partial charge in [0.05, 0.1) is 12.6 Å². The Labute approximate surface area is 179 Å². The van der Waals surface area contributed by atoms with Crippen molar-refractivity contribution in [1.82, 2.24) is 14.9 Å². The lowest BCUT2D eigenvalue weighted by Gasteiger charge is -2.17. The van der Waals surface area contributed by atoms with Crippen LogP contribution in [0, 0.1) is 0 Å². The Balaban J connectivity index is 1.38. The molecule has 0 bridgehead atoms. The van der Waals surface area contributed by atoms with Crippen LogP contribution in [0.2, 0.25) is 0 Å². The largest absolute Gasteiger partial charge is 0.497 e. The number of fused-ring (bicyclic) bond motifs is 1. The lowest BCUT2D eigenvalue weighted by molar-refractivity contribution is -0.111. The van der Waals surface area contributed by atoms with E-state index in [-0.39, 0.29) is 17.9 Å². The van der Waals surface area contributed by atoms with Crippen LogP contribution in [-0.2, 0) is 4.79 Å². The van der Waals surface area contributed by atoms with Gasteiger partial charge in [0.25, 0.3) is 5.91 Å². The number of carbonyl (C=O) groups excluding carboxylic acids is 2. The van der Waals surface area contributed by atoms with Crippen molar-refractivity contribution in [3.63, 3.8) is 0 Å². The van der Waals surface area contributed by atoms with Crippen LogP contribution in [0.25, 0.3) is 10.9 Å². The van der Waals surface area contributed by atoms with E-state index in [4.69, 9.17) is 4.74 Å². The smallest absolute Gasteiger partial charge is 0.253 e. The molecule has 1 atom stereocenters. The minimum Gasteiger partial charge on any atom is -0.497 e. The Hall–Kier alpha value is -3.94. The molecule has 0 spiro atoms. The fraction of sp³-hybridized carbons (Fsp3) is 0.217. The molecule has 1 unspecified atom stereocenters. The molecule has 8 heteroatoms. The minimum atomic E-state index is -0.290. The Morgan fingerprint density at radius 2 is 2.03 bits per heavy atom. The Morgan fingerprint density at radius 1 is 1.23 bits per heavy atom. The first-order chi connectivity index (χ1) is 15.1. The molecular weight excluding hydrogens is 394 g/mol. The highest BCUT2D eigenvalue weighted by Crippen LogP contribution is 2.21. The average Bonchev–Trinajstić information content (AvgIpc) is 3.27. The topological polar surface area (TPSA) is 96.5 Å². The van der Waals surface area contributed by atoms with Gasteiger partial charge >= 0.3 is 0 Å². The van der Waals surface area contributed by atoms with Crippen molar-refractivity contribution in [3.8, 4) is 5.75 Å². The summed E-state index contributed by atoms with van der Waals surface area (Å²) in [5.74, 6) is 0.934. The van der Waals surface area contributed by atoms with Crippen LogP contribution in [0.4, 0.5) is 11.6 Å². The van der Waals surface area contributed by atoms with E-state index in [2.05, 4.69) is 27.2 Å². The maximum Gasteiger partial charge on any atom is 0.253 e. The molecule has 0 aliphatic carbocycles. The van der Waals surface area contributed by atoms with Gasteiger partial charge in [-0.3, -0.25) is 9.59 Å². The molecule has 2 aromatic carbocycles. The van der Waals surface area contributed by atoms with Gasteiger partial charge in [-0.25, -0.2) is 9.97 Å². The fourth-order valence-electron chi connectivity index (χ4n) is 3.52. The molecule has 1 aliphatic heterocycles. The summed E-state index contributed by atoms with van der Waals surface area (Å²) in [5.41, 5.74) is 1.99. The number of hydrogen-bond acceptors (Lipinski definition) is 6. The highest BCUT2D eigenvalue weighted by molar-refractivity contribution is 5.99. The van der Waals surface area contributed by atoms with Gasteiger partial charge in [-0.05, 0) is 48.9 Å². The van der Waals surface area contributed by atoms with Crippen molar-refractivity contribution >= 4 is 34.4 Å². The molecule has 1 saturated heterocycles. The van der Waals surface area contributed by atoms with E-state index >= 15 is 0 Å². The first kappa shape index (κ1) is 20.3. The quantitative estimate of drug-likeness (QED) is 0.599. The number of nitrogens with zero attached hydrogens (tertiary/aromatic N) is 3. The summed E-state index contributed by atoms with van der Waals surface area (Å²) in [5, 5.41) is 6.93. The number of rotatable bonds is 6. The van der Waals surface area contributed by atoms with Gasteiger partial charge in [-0.1, -0.05) is 6.58 Å². The number of carbonyl (C=O) groups is 2. The van der Waals surface area contributed by atoms with E-state index < -0.39 is 0 Å². The summed E-state index contributed by atoms with van der Waals surface area (Å²) in [6.07, 6.45) is 3.78. The number of likely N-dealkylation sites (tertiary alicyclic amines) is 1. The zero-order valence-corrected chi connectivity index (χ0v) is 17.2. The maximum absolute atomic E-state index is 12.8. The number of amides is 2. The summed E-state index contributed by atoms with van der Waals surface area (Å²) in [7, 11) is 1.62. The predicted molar refractivity (Wildman–Crippen MR) is 119 cm³/mol. The fourth-order valence-corrected chi connectivity index (χ4v) is 3.52. The number of aromatic nitrogens is 2. The second kappa shape index (κ2) is 8.83. The van der Waals surface area contributed by atoms with Gasteiger partial charge in [0.1, 0.15) is 5.75 Å². The first-order valence-corrected chi connectivity index (χ1v) is 9.96. The molecule has 1 aromatic heterocycles. The molecule has 158 valence electrons. The van der Waals surface area contributed by atoms with E-state index in [0.717, 1.165) is 23.1 Å². The Kier molecular flexibility index (Phi) is 5.79. The van der Waals surface area contributed by atoms with Crippen LogP contribution in [-0.4, -0.2) is 52.9 Å². The van der Waals surface area contributed by atoms with Crippen LogP contribution >= 0.6 is 0 Å². The summed E-state index contributed by atoms with van der Waals surface area (Å²) in [6, 6.07) is 12.6. The van der Waals surface area contributed by atoms with Crippen molar-refractivity contribution in [2.24, 2.45) is 0 Å². The number of ether oxygens (including phenoxy) is 1. The second-order valence-corrected chi connectivity index (χ2v) is 7.27. The summed E-state index contributed by atoms with van der Waals surface area (Å²) >= 11 is 0. The van der Waals surface area contributed by atoms with Crippen molar-refractivity contribution in [1.29, 1.82) is 0 Å². The summed E-state index contributed by atoms with van der Waals surface area (Å²) in [4.78, 5) is 35.0. The van der Waals surface area contributed by atoms with Crippen molar-refractivity contribution in [3.05, 3.63) is 66.9 Å². The van der Waals surface area contributed by atoms with Crippen LogP contribution in [0.1, 0.15) is 16.8 Å². The normalized spacial score (nSPS) is 15.5. The first-order valence-electron chi connectivity index (χ1n) is 9.96. The molecule has 0 radical (unpaired) electrons. The Morgan fingerprint density at radius 3 is 2.77 bits per heavy atom. The molecule has 2 N–H and O–H groups in total. The zero-order valence-electron chi connectivity index (χ0n) is 17.2. The molecule has 0 saturated carbocycles. The molecule has 31 heavy (non-hydrogen) atoms. The number of hydrogen-bond donors (Lipinski definition) is 2. The molecule has 2 amide bonds. The van der Waals surface area contributed by atoms with Crippen LogP contribution in [0.15, 0.2) is 61.3 Å². The van der Waals surface area contributed by atoms with Crippen LogP contribution in [0.5, 0.6) is 5.75 Å². The van der Waals surface area contributed by atoms with Gasteiger partial charge in [-0.2, -0.15) is 0 Å². The van der Waals surface area contributed by atoms with Crippen molar-refractivity contribution < 1.29 is 14.3 Å². The molecule has 8 nitrogen and oxygen atoms in total. The van der Waals surface area contributed by atoms with Gasteiger partial charge in [0, 0.05) is 48.0 Å². The second-order valence-electron chi connectivity index (χ2n) is 7.27. The monoisotopic (exact) mass is 417 g/mol. The number of benzene rings is 2. The number of nitrogens with one attached hydrogen (secondary N) is 2. The third-order valence-electron chi connectivity index (χ3n) is 5.18. The third kappa shape index (κ3) is 4.63. The molecule has 3 aromatic rings. The van der Waals surface area contributed by atoms with E-state index in [1.807, 2.05) is 18.2 Å². The van der Waals surface area contributed by atoms with Gasteiger partial charge < -0.3 is 20.3 Å². The van der Waals surface area contributed by atoms with Crippen molar-refractivity contribution in [2.75, 3.05) is 30.8 Å². The predicted octanol–water partition coefficient (Wildman–Crippen LogP) is 3.09. The number of methoxy groups -OCH3 is 1. The standard InChI is InChI=1S/C23H23N5O3/c1-3-21(29)25-17-7-4-15(5-8-17)22(30)28-11-10-18(14-28)26-23-24-13-16-6-9-19(31-2)12-20(16)27-23/h3-9,12-13,18H,1,10-11,14H2,2H3,(H,25,29)(H,24,26,27). The lowest BCUT2D eigenvalue weighted by atomic mass is 10.2. The maximum atomic E-state index is 12.8.